The second-order valence-corrected chi connectivity index (χ2v) is 7.81. The molecule has 1 atom stereocenters. The van der Waals surface area contributed by atoms with Crippen molar-refractivity contribution >= 4 is 27.5 Å². The lowest BCUT2D eigenvalue weighted by Crippen LogP contribution is -2.35. The molecule has 1 fully saturated rings. The maximum Gasteiger partial charge on any atom is 0.271 e. The lowest BCUT2D eigenvalue weighted by Gasteiger charge is -2.19. The summed E-state index contributed by atoms with van der Waals surface area (Å²) >= 11 is 1.37. The van der Waals surface area contributed by atoms with Crippen LogP contribution < -0.4 is 15.6 Å². The Morgan fingerprint density at radius 3 is 2.78 bits per heavy atom. The zero-order valence-electron chi connectivity index (χ0n) is 15.3. The number of fused-ring (bicyclic) bond motifs is 1. The molecule has 4 rings (SSSR count). The lowest BCUT2D eigenvalue weighted by atomic mass is 10.0. The van der Waals surface area contributed by atoms with Crippen molar-refractivity contribution in [3.8, 4) is 5.75 Å². The van der Waals surface area contributed by atoms with Gasteiger partial charge in [0.25, 0.3) is 5.56 Å². The third kappa shape index (κ3) is 3.60. The van der Waals surface area contributed by atoms with Crippen LogP contribution >= 0.6 is 11.3 Å². The van der Waals surface area contributed by atoms with Crippen LogP contribution in [-0.2, 0) is 11.3 Å². The molecule has 2 aromatic heterocycles. The molecule has 1 N–H and O–H groups in total. The highest BCUT2D eigenvalue weighted by Gasteiger charge is 2.33. The van der Waals surface area contributed by atoms with Crippen LogP contribution in [0.2, 0.25) is 0 Å². The Labute approximate surface area is 160 Å². The molecule has 0 radical (unpaired) electrons. The summed E-state index contributed by atoms with van der Waals surface area (Å²) in [6, 6.07) is 7.73. The molecule has 1 aliphatic carbocycles. The van der Waals surface area contributed by atoms with Crippen molar-refractivity contribution in [1.82, 2.24) is 14.9 Å². The molecule has 6 nitrogen and oxygen atoms in total. The zero-order valence-corrected chi connectivity index (χ0v) is 16.1. The van der Waals surface area contributed by atoms with Crippen molar-refractivity contribution in [2.75, 3.05) is 7.11 Å². The summed E-state index contributed by atoms with van der Waals surface area (Å²) < 4.78 is 7.18. The van der Waals surface area contributed by atoms with Crippen LogP contribution in [0.3, 0.4) is 0 Å². The number of methoxy groups -OCH3 is 1. The number of thiophene rings is 1. The number of nitrogens with one attached hydrogen (secondary N) is 1. The number of hydrogen-bond acceptors (Lipinski definition) is 5. The normalized spacial score (nSPS) is 14.9. The molecule has 2 heterocycles. The number of carbonyl (C=O) groups excluding carboxylic acids is 1. The van der Waals surface area contributed by atoms with Crippen LogP contribution in [0, 0.1) is 12.8 Å². The molecule has 0 bridgehead atoms. The van der Waals surface area contributed by atoms with Crippen LogP contribution in [-0.4, -0.2) is 22.6 Å². The van der Waals surface area contributed by atoms with Gasteiger partial charge in [0.05, 0.1) is 25.0 Å². The van der Waals surface area contributed by atoms with Gasteiger partial charge in [-0.25, -0.2) is 4.98 Å². The minimum absolute atomic E-state index is 0.0297. The third-order valence-electron chi connectivity index (χ3n) is 4.92. The maximum atomic E-state index is 12.6. The summed E-state index contributed by atoms with van der Waals surface area (Å²) in [5.74, 6) is 1.05. The van der Waals surface area contributed by atoms with E-state index >= 15 is 0 Å². The summed E-state index contributed by atoms with van der Waals surface area (Å²) in [6.45, 7) is 1.90. The molecule has 0 saturated heterocycles. The van der Waals surface area contributed by atoms with Crippen molar-refractivity contribution in [3.63, 3.8) is 0 Å². The van der Waals surface area contributed by atoms with Gasteiger partial charge in [0.1, 0.15) is 17.0 Å². The highest BCUT2D eigenvalue weighted by Crippen LogP contribution is 2.41. The van der Waals surface area contributed by atoms with Crippen LogP contribution in [0.5, 0.6) is 5.75 Å². The fraction of sp³-hybridized carbons (Fsp3) is 0.350. The molecular weight excluding hydrogens is 362 g/mol. The van der Waals surface area contributed by atoms with E-state index < -0.39 is 0 Å². The van der Waals surface area contributed by atoms with Crippen molar-refractivity contribution in [3.05, 3.63) is 57.5 Å². The number of aryl methyl sites for hydroxylation is 1. The van der Waals surface area contributed by atoms with E-state index in [0.29, 0.717) is 10.6 Å². The molecule has 1 amide bonds. The third-order valence-corrected chi connectivity index (χ3v) is 6.00. The lowest BCUT2D eigenvalue weighted by molar-refractivity contribution is -0.122. The van der Waals surface area contributed by atoms with E-state index in [4.69, 9.17) is 4.74 Å². The van der Waals surface area contributed by atoms with E-state index in [1.54, 1.807) is 7.11 Å². The summed E-state index contributed by atoms with van der Waals surface area (Å²) in [7, 11) is 1.63. The summed E-state index contributed by atoms with van der Waals surface area (Å²) in [5, 5.41) is 5.01. The SMILES string of the molecule is COc1ccc(C(NC(=O)Cn2cnc3c(C)csc3c2=O)C2CC2)cc1. The van der Waals surface area contributed by atoms with Crippen LogP contribution in [0.15, 0.2) is 40.8 Å². The number of benzene rings is 1. The van der Waals surface area contributed by atoms with Crippen LogP contribution in [0.1, 0.15) is 30.0 Å². The Hall–Kier alpha value is -2.67. The first kappa shape index (κ1) is 17.7. The summed E-state index contributed by atoms with van der Waals surface area (Å²) in [4.78, 5) is 29.6. The first-order chi connectivity index (χ1) is 13.1. The first-order valence-electron chi connectivity index (χ1n) is 8.93. The molecule has 1 unspecified atom stereocenters. The smallest absolute Gasteiger partial charge is 0.271 e. The maximum absolute atomic E-state index is 12.6. The van der Waals surface area contributed by atoms with Crippen LogP contribution in [0.4, 0.5) is 0 Å². The number of ether oxygens (including phenoxy) is 1. The predicted octanol–water partition coefficient (Wildman–Crippen LogP) is 3.04. The number of nitrogens with zero attached hydrogens (tertiary/aromatic N) is 2. The van der Waals surface area contributed by atoms with Crippen molar-refractivity contribution < 1.29 is 9.53 Å². The van der Waals surface area contributed by atoms with Gasteiger partial charge in [0, 0.05) is 0 Å². The van der Waals surface area contributed by atoms with Gasteiger partial charge in [-0.1, -0.05) is 12.1 Å². The molecule has 1 saturated carbocycles. The minimum Gasteiger partial charge on any atom is -0.497 e. The Kier molecular flexibility index (Phi) is 4.70. The highest BCUT2D eigenvalue weighted by atomic mass is 32.1. The second kappa shape index (κ2) is 7.15. The first-order valence-corrected chi connectivity index (χ1v) is 9.81. The highest BCUT2D eigenvalue weighted by molar-refractivity contribution is 7.17. The average Bonchev–Trinajstić information content (AvgIpc) is 3.45. The molecule has 0 spiro atoms. The second-order valence-electron chi connectivity index (χ2n) is 6.93. The van der Waals surface area contributed by atoms with Crippen LogP contribution in [0.25, 0.3) is 10.2 Å². The monoisotopic (exact) mass is 383 g/mol. The predicted molar refractivity (Wildman–Crippen MR) is 105 cm³/mol. The molecule has 1 aliphatic rings. The number of rotatable bonds is 6. The van der Waals surface area contributed by atoms with E-state index in [-0.39, 0.29) is 24.1 Å². The number of hydrogen-bond donors (Lipinski definition) is 1. The minimum atomic E-state index is -0.181. The fourth-order valence-corrected chi connectivity index (χ4v) is 4.21. The Balaban J connectivity index is 1.52. The van der Waals surface area contributed by atoms with Gasteiger partial charge in [-0.2, -0.15) is 0 Å². The van der Waals surface area contributed by atoms with Crippen molar-refractivity contribution in [1.29, 1.82) is 0 Å². The quantitative estimate of drug-likeness (QED) is 0.710. The molecule has 27 heavy (non-hydrogen) atoms. The van der Waals surface area contributed by atoms with E-state index in [2.05, 4.69) is 10.3 Å². The molecule has 3 aromatic rings. The number of carbonyl (C=O) groups is 1. The summed E-state index contributed by atoms with van der Waals surface area (Å²) in [5.41, 5.74) is 2.59. The van der Waals surface area contributed by atoms with Gasteiger partial charge < -0.3 is 10.1 Å². The van der Waals surface area contributed by atoms with E-state index in [0.717, 1.165) is 35.2 Å². The zero-order chi connectivity index (χ0) is 19.0. The average molecular weight is 383 g/mol. The van der Waals surface area contributed by atoms with Gasteiger partial charge in [0.2, 0.25) is 5.91 Å². The summed E-state index contributed by atoms with van der Waals surface area (Å²) in [6.07, 6.45) is 3.65. The van der Waals surface area contributed by atoms with Gasteiger partial charge in [-0.15, -0.1) is 11.3 Å². The van der Waals surface area contributed by atoms with E-state index in [9.17, 15) is 9.59 Å². The van der Waals surface area contributed by atoms with Gasteiger partial charge in [-0.3, -0.25) is 14.2 Å². The standard InChI is InChI=1S/C20H21N3O3S/c1-12-10-27-19-17(12)21-11-23(20(19)25)9-16(24)22-18(13-3-4-13)14-5-7-15(26-2)8-6-14/h5-8,10-11,13,18H,3-4,9H2,1-2H3,(H,22,24). The molecule has 0 aliphatic heterocycles. The molecule has 140 valence electrons. The largest absolute Gasteiger partial charge is 0.497 e. The van der Waals surface area contributed by atoms with Crippen molar-refractivity contribution in [2.45, 2.75) is 32.4 Å². The van der Waals surface area contributed by atoms with Gasteiger partial charge in [-0.05, 0) is 54.3 Å². The van der Waals surface area contributed by atoms with Gasteiger partial charge in [0.15, 0.2) is 0 Å². The van der Waals surface area contributed by atoms with E-state index in [1.165, 1.54) is 22.2 Å². The molecule has 1 aromatic carbocycles. The van der Waals surface area contributed by atoms with Crippen molar-refractivity contribution in [2.24, 2.45) is 5.92 Å². The Morgan fingerprint density at radius 1 is 1.37 bits per heavy atom. The molecule has 7 heteroatoms. The number of aromatic nitrogens is 2. The Morgan fingerprint density at radius 2 is 2.11 bits per heavy atom. The fourth-order valence-electron chi connectivity index (χ4n) is 3.26. The van der Waals surface area contributed by atoms with E-state index in [1.807, 2.05) is 36.6 Å². The van der Waals surface area contributed by atoms with Gasteiger partial charge >= 0.3 is 0 Å². The number of amides is 1. The molecular formula is C20H21N3O3S. The Bertz CT molecular complexity index is 1030. The topological polar surface area (TPSA) is 73.2 Å².